The molecule has 4 nitrogen and oxygen atoms in total. The quantitative estimate of drug-likeness (QED) is 0.794. The summed E-state index contributed by atoms with van der Waals surface area (Å²) in [6.07, 6.45) is 0. The first-order chi connectivity index (χ1) is 10.7. The summed E-state index contributed by atoms with van der Waals surface area (Å²) in [6.45, 7) is 3.30. The van der Waals surface area contributed by atoms with E-state index in [9.17, 15) is 4.79 Å². The first kappa shape index (κ1) is 16.2. The van der Waals surface area contributed by atoms with Gasteiger partial charge < -0.3 is 14.8 Å². The fourth-order valence-corrected chi connectivity index (χ4v) is 2.12. The Balaban J connectivity index is 1.78. The lowest BCUT2D eigenvalue weighted by Crippen LogP contribution is -2.28. The zero-order chi connectivity index (χ0) is 15.8. The number of hydrogen-bond acceptors (Lipinski definition) is 3. The van der Waals surface area contributed by atoms with Gasteiger partial charge in [-0.05, 0) is 31.2 Å². The van der Waals surface area contributed by atoms with Crippen molar-refractivity contribution in [3.8, 4) is 11.5 Å². The van der Waals surface area contributed by atoms with Gasteiger partial charge in [0.1, 0.15) is 18.1 Å². The van der Waals surface area contributed by atoms with Crippen LogP contribution in [0.4, 0.5) is 0 Å². The van der Waals surface area contributed by atoms with E-state index in [-0.39, 0.29) is 5.91 Å². The van der Waals surface area contributed by atoms with Crippen LogP contribution in [0.1, 0.15) is 17.3 Å². The molecule has 0 saturated carbocycles. The fourth-order valence-electron chi connectivity index (χ4n) is 1.89. The molecule has 0 bridgehead atoms. The van der Waals surface area contributed by atoms with Crippen LogP contribution in [0.15, 0.2) is 48.5 Å². The molecule has 2 aromatic rings. The number of nitrogens with one attached hydrogen (secondary N) is 1. The molecule has 5 heteroatoms. The third-order valence-electron chi connectivity index (χ3n) is 2.89. The monoisotopic (exact) mass is 319 g/mol. The number of rotatable bonds is 7. The Labute approximate surface area is 135 Å². The van der Waals surface area contributed by atoms with E-state index in [0.29, 0.717) is 36.1 Å². The second-order valence-electron chi connectivity index (χ2n) is 4.49. The van der Waals surface area contributed by atoms with Crippen molar-refractivity contribution < 1.29 is 14.3 Å². The highest BCUT2D eigenvalue weighted by Crippen LogP contribution is 2.19. The van der Waals surface area contributed by atoms with Gasteiger partial charge in [0.15, 0.2) is 0 Å². The Morgan fingerprint density at radius 2 is 1.82 bits per heavy atom. The zero-order valence-corrected chi connectivity index (χ0v) is 13.1. The van der Waals surface area contributed by atoms with Gasteiger partial charge in [-0.2, -0.15) is 0 Å². The van der Waals surface area contributed by atoms with Gasteiger partial charge in [0.05, 0.1) is 23.7 Å². The molecular formula is C17H18ClNO3. The average Bonchev–Trinajstić information content (AvgIpc) is 2.52. The Kier molecular flexibility index (Phi) is 6.10. The van der Waals surface area contributed by atoms with E-state index < -0.39 is 0 Å². The Hall–Kier alpha value is -2.20. The third kappa shape index (κ3) is 4.67. The van der Waals surface area contributed by atoms with Crippen molar-refractivity contribution in [3.05, 3.63) is 59.1 Å². The first-order valence-electron chi connectivity index (χ1n) is 7.09. The Bertz CT molecular complexity index is 631. The largest absolute Gasteiger partial charge is 0.494 e. The molecule has 0 saturated heterocycles. The Morgan fingerprint density at radius 1 is 1.09 bits per heavy atom. The molecule has 0 atom stereocenters. The molecule has 1 amide bonds. The van der Waals surface area contributed by atoms with Crippen molar-refractivity contribution in [1.29, 1.82) is 0 Å². The van der Waals surface area contributed by atoms with Crippen molar-refractivity contribution in [2.24, 2.45) is 0 Å². The molecule has 2 aromatic carbocycles. The SMILES string of the molecule is CCOc1cccc(OCCNC(=O)c2ccccc2Cl)c1. The van der Waals surface area contributed by atoms with Gasteiger partial charge in [-0.15, -0.1) is 0 Å². The molecule has 116 valence electrons. The van der Waals surface area contributed by atoms with Crippen molar-refractivity contribution in [2.75, 3.05) is 19.8 Å². The van der Waals surface area contributed by atoms with Crippen LogP contribution in [0.3, 0.4) is 0 Å². The van der Waals surface area contributed by atoms with Gasteiger partial charge in [0.25, 0.3) is 5.91 Å². The molecule has 22 heavy (non-hydrogen) atoms. The lowest BCUT2D eigenvalue weighted by atomic mass is 10.2. The van der Waals surface area contributed by atoms with Crippen LogP contribution < -0.4 is 14.8 Å². The minimum atomic E-state index is -0.211. The second kappa shape index (κ2) is 8.29. The first-order valence-corrected chi connectivity index (χ1v) is 7.47. The molecule has 0 fully saturated rings. The fraction of sp³-hybridized carbons (Fsp3) is 0.235. The zero-order valence-electron chi connectivity index (χ0n) is 12.3. The van der Waals surface area contributed by atoms with E-state index in [2.05, 4.69) is 5.32 Å². The third-order valence-corrected chi connectivity index (χ3v) is 3.22. The summed E-state index contributed by atoms with van der Waals surface area (Å²) >= 11 is 5.97. The molecule has 0 aliphatic carbocycles. The predicted octanol–water partition coefficient (Wildman–Crippen LogP) is 3.55. The molecule has 0 unspecified atom stereocenters. The summed E-state index contributed by atoms with van der Waals surface area (Å²) in [7, 11) is 0. The Morgan fingerprint density at radius 3 is 2.55 bits per heavy atom. The van der Waals surface area contributed by atoms with E-state index in [0.717, 1.165) is 5.75 Å². The number of amides is 1. The van der Waals surface area contributed by atoms with E-state index in [1.165, 1.54) is 0 Å². The molecule has 0 radical (unpaired) electrons. The maximum Gasteiger partial charge on any atom is 0.252 e. The van der Waals surface area contributed by atoms with Crippen LogP contribution in [0.25, 0.3) is 0 Å². The topological polar surface area (TPSA) is 47.6 Å². The highest BCUT2D eigenvalue weighted by atomic mass is 35.5. The molecule has 0 aromatic heterocycles. The van der Waals surface area contributed by atoms with E-state index in [4.69, 9.17) is 21.1 Å². The molecule has 0 heterocycles. The molecule has 0 spiro atoms. The number of benzene rings is 2. The standard InChI is InChI=1S/C17H18ClNO3/c1-2-21-13-6-5-7-14(12-13)22-11-10-19-17(20)15-8-3-4-9-16(15)18/h3-9,12H,2,10-11H2,1H3,(H,19,20). The number of carbonyl (C=O) groups is 1. The molecule has 0 aliphatic heterocycles. The summed E-state index contributed by atoms with van der Waals surface area (Å²) in [5.41, 5.74) is 0.461. The van der Waals surface area contributed by atoms with Crippen molar-refractivity contribution in [3.63, 3.8) is 0 Å². The highest BCUT2D eigenvalue weighted by Gasteiger charge is 2.08. The maximum absolute atomic E-state index is 11.9. The van der Waals surface area contributed by atoms with Gasteiger partial charge in [-0.1, -0.05) is 29.8 Å². The minimum Gasteiger partial charge on any atom is -0.494 e. The van der Waals surface area contributed by atoms with Gasteiger partial charge in [0, 0.05) is 6.07 Å². The lowest BCUT2D eigenvalue weighted by molar-refractivity contribution is 0.0947. The van der Waals surface area contributed by atoms with Crippen molar-refractivity contribution in [2.45, 2.75) is 6.92 Å². The summed E-state index contributed by atoms with van der Waals surface area (Å²) < 4.78 is 11.0. The maximum atomic E-state index is 11.9. The smallest absolute Gasteiger partial charge is 0.252 e. The molecule has 2 rings (SSSR count). The van der Waals surface area contributed by atoms with Gasteiger partial charge in [-0.3, -0.25) is 4.79 Å². The van der Waals surface area contributed by atoms with Crippen molar-refractivity contribution >= 4 is 17.5 Å². The van der Waals surface area contributed by atoms with E-state index >= 15 is 0 Å². The second-order valence-corrected chi connectivity index (χ2v) is 4.90. The predicted molar refractivity (Wildman–Crippen MR) is 86.9 cm³/mol. The van der Waals surface area contributed by atoms with Crippen LogP contribution in [0.5, 0.6) is 11.5 Å². The van der Waals surface area contributed by atoms with Crippen LogP contribution in [0.2, 0.25) is 5.02 Å². The number of halogens is 1. The van der Waals surface area contributed by atoms with Gasteiger partial charge in [-0.25, -0.2) is 0 Å². The number of hydrogen-bond donors (Lipinski definition) is 1. The lowest BCUT2D eigenvalue weighted by Gasteiger charge is -2.10. The normalized spacial score (nSPS) is 10.1. The van der Waals surface area contributed by atoms with Crippen molar-refractivity contribution in [1.82, 2.24) is 5.32 Å². The van der Waals surface area contributed by atoms with Gasteiger partial charge in [0.2, 0.25) is 0 Å². The highest BCUT2D eigenvalue weighted by molar-refractivity contribution is 6.33. The molecule has 0 aliphatic rings. The van der Waals surface area contributed by atoms with E-state index in [1.54, 1.807) is 24.3 Å². The number of ether oxygens (including phenoxy) is 2. The minimum absolute atomic E-state index is 0.211. The van der Waals surface area contributed by atoms with Crippen LogP contribution >= 0.6 is 11.6 Å². The van der Waals surface area contributed by atoms with E-state index in [1.807, 2.05) is 31.2 Å². The number of carbonyl (C=O) groups excluding carboxylic acids is 1. The molecular weight excluding hydrogens is 302 g/mol. The molecule has 1 N–H and O–H groups in total. The van der Waals surface area contributed by atoms with Crippen LogP contribution in [0, 0.1) is 0 Å². The summed E-state index contributed by atoms with van der Waals surface area (Å²) in [4.78, 5) is 11.9. The average molecular weight is 320 g/mol. The summed E-state index contributed by atoms with van der Waals surface area (Å²) in [5, 5.41) is 3.21. The summed E-state index contributed by atoms with van der Waals surface area (Å²) in [5.74, 6) is 1.26. The van der Waals surface area contributed by atoms with Crippen LogP contribution in [-0.4, -0.2) is 25.7 Å². The van der Waals surface area contributed by atoms with Gasteiger partial charge >= 0.3 is 0 Å². The summed E-state index contributed by atoms with van der Waals surface area (Å²) in [6, 6.07) is 14.3. The van der Waals surface area contributed by atoms with Crippen LogP contribution in [-0.2, 0) is 0 Å².